The number of carbonyl (C=O) groups is 6. The van der Waals surface area contributed by atoms with E-state index in [2.05, 4.69) is 36.2 Å². The molecule has 1 saturated carbocycles. The Kier molecular flexibility index (Phi) is 12.9. The van der Waals surface area contributed by atoms with Gasteiger partial charge in [0, 0.05) is 31.9 Å². The van der Waals surface area contributed by atoms with E-state index in [1.54, 1.807) is 32.2 Å². The Bertz CT molecular complexity index is 1850. The summed E-state index contributed by atoms with van der Waals surface area (Å²) in [4.78, 5) is 88.6. The summed E-state index contributed by atoms with van der Waals surface area (Å²) in [5.74, 6) is -3.94. The van der Waals surface area contributed by atoms with Crippen LogP contribution in [0.5, 0.6) is 0 Å². The molecule has 2 fully saturated rings. The van der Waals surface area contributed by atoms with Crippen LogP contribution < -0.4 is 21.7 Å². The van der Waals surface area contributed by atoms with Crippen LogP contribution in [0.1, 0.15) is 100 Å². The van der Waals surface area contributed by atoms with Crippen LogP contribution in [0.3, 0.4) is 0 Å². The molecule has 2 unspecified atom stereocenters. The van der Waals surface area contributed by atoms with Gasteiger partial charge in [-0.25, -0.2) is 9.48 Å². The molecule has 2 aliphatic rings. The van der Waals surface area contributed by atoms with Gasteiger partial charge < -0.3 is 36.8 Å². The van der Waals surface area contributed by atoms with Crippen molar-refractivity contribution in [2.24, 2.45) is 11.7 Å². The van der Waals surface area contributed by atoms with E-state index < -0.39 is 65.3 Å². The number of pyridine rings is 2. The molecule has 4 heterocycles. The van der Waals surface area contributed by atoms with Gasteiger partial charge >= 0.3 is 6.09 Å². The van der Waals surface area contributed by atoms with Gasteiger partial charge in [0.2, 0.25) is 17.6 Å². The lowest BCUT2D eigenvalue weighted by Gasteiger charge is -2.32. The molecule has 54 heavy (non-hydrogen) atoms. The first kappa shape index (κ1) is 39.7. The molecule has 18 heteroatoms. The average molecular weight is 749 g/mol. The smallest absolute Gasteiger partial charge is 0.404 e. The van der Waals surface area contributed by atoms with Gasteiger partial charge in [-0.05, 0) is 63.6 Å². The molecule has 290 valence electrons. The van der Waals surface area contributed by atoms with Gasteiger partial charge in [0.1, 0.15) is 23.2 Å². The number of unbranched alkanes of at least 4 members (excludes halogenated alkanes) is 1. The quantitative estimate of drug-likeness (QED) is 0.0896. The number of carbonyl (C=O) groups excluding carboxylic acids is 5. The number of fused-ring (bicyclic) bond motifs is 1. The predicted molar refractivity (Wildman–Crippen MR) is 192 cm³/mol. The number of aliphatic hydroxyl groups is 1. The number of amides is 5. The second-order valence-electron chi connectivity index (χ2n) is 14.5. The second kappa shape index (κ2) is 17.5. The Hall–Kier alpha value is -5.52. The van der Waals surface area contributed by atoms with Crippen LogP contribution in [-0.4, -0.2) is 107 Å². The minimum atomic E-state index is -1.37. The highest BCUT2D eigenvalue weighted by molar-refractivity contribution is 6.37. The Labute approximate surface area is 311 Å². The van der Waals surface area contributed by atoms with Crippen molar-refractivity contribution in [1.82, 2.24) is 45.8 Å². The van der Waals surface area contributed by atoms with Gasteiger partial charge in [0.15, 0.2) is 0 Å². The molecule has 5 rings (SSSR count). The highest BCUT2D eigenvalue weighted by Crippen LogP contribution is 2.33. The normalized spacial score (nSPS) is 18.8. The summed E-state index contributed by atoms with van der Waals surface area (Å²) in [6, 6.07) is 0.763. The van der Waals surface area contributed by atoms with E-state index in [4.69, 9.17) is 10.8 Å². The monoisotopic (exact) mass is 748 g/mol. The molecule has 1 aliphatic heterocycles. The van der Waals surface area contributed by atoms with Gasteiger partial charge in [-0.15, -0.1) is 5.10 Å². The number of Topliss-reactive ketones (excluding diaryl/α,β-unsaturated/α-hetero) is 1. The van der Waals surface area contributed by atoms with Crippen LogP contribution in [0.15, 0.2) is 36.8 Å². The zero-order valence-corrected chi connectivity index (χ0v) is 30.4. The van der Waals surface area contributed by atoms with Crippen molar-refractivity contribution in [2.45, 2.75) is 108 Å². The molecule has 5 amide bonds. The van der Waals surface area contributed by atoms with E-state index in [9.17, 15) is 33.9 Å². The van der Waals surface area contributed by atoms with Crippen molar-refractivity contribution >= 4 is 46.5 Å². The van der Waals surface area contributed by atoms with Crippen LogP contribution in [0.4, 0.5) is 4.79 Å². The van der Waals surface area contributed by atoms with Gasteiger partial charge in [-0.1, -0.05) is 37.3 Å². The lowest BCUT2D eigenvalue weighted by molar-refractivity contribution is -0.142. The van der Waals surface area contributed by atoms with Gasteiger partial charge in [0.25, 0.3) is 11.8 Å². The largest absolute Gasteiger partial charge is 0.465 e. The highest BCUT2D eigenvalue weighted by Gasteiger charge is 2.45. The van der Waals surface area contributed by atoms with Crippen molar-refractivity contribution in [2.75, 3.05) is 13.1 Å². The number of ketones is 1. The fraction of sp³-hybridized carbons (Fsp3) is 0.556. The summed E-state index contributed by atoms with van der Waals surface area (Å²) in [5, 5.41) is 35.7. The third kappa shape index (κ3) is 9.71. The lowest BCUT2D eigenvalue weighted by atomic mass is 9.84. The van der Waals surface area contributed by atoms with E-state index in [1.165, 1.54) is 28.0 Å². The topological polar surface area (TPSA) is 265 Å². The zero-order chi connectivity index (χ0) is 39.0. The number of primary amides is 1. The van der Waals surface area contributed by atoms with Crippen molar-refractivity contribution in [3.8, 4) is 0 Å². The number of aromatic nitrogens is 5. The number of hydrogen-bond acceptors (Lipinski definition) is 11. The molecule has 0 bridgehead atoms. The summed E-state index contributed by atoms with van der Waals surface area (Å²) in [5.41, 5.74) is 5.42. The zero-order valence-electron chi connectivity index (χ0n) is 30.4. The molecule has 3 aromatic rings. The van der Waals surface area contributed by atoms with E-state index in [0.717, 1.165) is 32.1 Å². The predicted octanol–water partition coefficient (Wildman–Crippen LogP) is 1.34. The Morgan fingerprint density at radius 3 is 2.46 bits per heavy atom. The SMILES string of the molecule is CC(C)(O)c1cnnn1[C@H]1C[C@@H](C(=O)NC(CCCCNC(=O)O)C(=O)C(N)=O)N(C(=O)C(CC2CCCCC2)NC(=O)c2ccnc3cccnc23)C1. The first-order chi connectivity index (χ1) is 25.7. The Balaban J connectivity index is 1.45. The van der Waals surface area contributed by atoms with Crippen LogP contribution in [0, 0.1) is 5.92 Å². The first-order valence-electron chi connectivity index (χ1n) is 18.3. The summed E-state index contributed by atoms with van der Waals surface area (Å²) in [6.45, 7) is 3.16. The number of carboxylic acid groups (broad SMARTS) is 1. The molecule has 0 radical (unpaired) electrons. The van der Waals surface area contributed by atoms with E-state index in [1.807, 2.05) is 0 Å². The maximum atomic E-state index is 14.8. The molecule has 0 aromatic carbocycles. The third-order valence-electron chi connectivity index (χ3n) is 10.1. The number of nitrogens with two attached hydrogens (primary N) is 1. The van der Waals surface area contributed by atoms with Crippen molar-refractivity contribution in [3.63, 3.8) is 0 Å². The van der Waals surface area contributed by atoms with Gasteiger partial charge in [-0.2, -0.15) is 0 Å². The summed E-state index contributed by atoms with van der Waals surface area (Å²) >= 11 is 0. The molecule has 1 saturated heterocycles. The van der Waals surface area contributed by atoms with Crippen LogP contribution in [-0.2, 0) is 24.8 Å². The number of rotatable bonds is 16. The van der Waals surface area contributed by atoms with Gasteiger partial charge in [0.05, 0.1) is 35.1 Å². The number of nitrogens with zero attached hydrogens (tertiary/aromatic N) is 6. The summed E-state index contributed by atoms with van der Waals surface area (Å²) in [7, 11) is 0. The molecule has 4 atom stereocenters. The average Bonchev–Trinajstić information content (AvgIpc) is 3.82. The summed E-state index contributed by atoms with van der Waals surface area (Å²) in [6.07, 6.45) is 8.94. The number of nitrogens with one attached hydrogen (secondary N) is 3. The minimum Gasteiger partial charge on any atom is -0.465 e. The lowest BCUT2D eigenvalue weighted by Crippen LogP contribution is -2.56. The molecule has 1 aliphatic carbocycles. The molecular weight excluding hydrogens is 700 g/mol. The maximum absolute atomic E-state index is 14.8. The van der Waals surface area contributed by atoms with Crippen LogP contribution in [0.25, 0.3) is 11.0 Å². The van der Waals surface area contributed by atoms with E-state index in [-0.39, 0.29) is 43.8 Å². The molecular formula is C36H48N10O8. The maximum Gasteiger partial charge on any atom is 0.404 e. The van der Waals surface area contributed by atoms with Crippen molar-refractivity contribution in [3.05, 3.63) is 48.0 Å². The van der Waals surface area contributed by atoms with Crippen LogP contribution >= 0.6 is 0 Å². The molecule has 18 nitrogen and oxygen atoms in total. The second-order valence-corrected chi connectivity index (χ2v) is 14.5. The number of hydrogen-bond donors (Lipinski definition) is 6. The van der Waals surface area contributed by atoms with Gasteiger partial charge in [-0.3, -0.25) is 33.9 Å². The highest BCUT2D eigenvalue weighted by atomic mass is 16.4. The van der Waals surface area contributed by atoms with Crippen LogP contribution in [0.2, 0.25) is 0 Å². The molecule has 0 spiro atoms. The standard InChI is InChI=1S/C36H48N10O8/c1-36(2,54)28-19-41-44-46(28)22-18-27(33(50)42-25(30(47)31(37)48)11-6-7-14-40-35(52)53)45(20-22)34(51)26(17-21-9-4-3-5-10-21)43-32(49)23-13-16-38-24-12-8-15-39-29(23)24/h8,12-13,15-16,19,21-22,25-27,40,54H,3-7,9-11,14,17-18,20H2,1-2H3,(H2,37,48)(H,42,50)(H,43,49)(H,52,53)/t22-,25?,26?,27-/m0/s1. The fourth-order valence-corrected chi connectivity index (χ4v) is 7.39. The summed E-state index contributed by atoms with van der Waals surface area (Å²) < 4.78 is 1.47. The Morgan fingerprint density at radius 1 is 1.00 bits per heavy atom. The Morgan fingerprint density at radius 2 is 1.76 bits per heavy atom. The minimum absolute atomic E-state index is 0.00698. The van der Waals surface area contributed by atoms with Crippen molar-refractivity contribution in [1.29, 1.82) is 0 Å². The van der Waals surface area contributed by atoms with E-state index >= 15 is 0 Å². The number of likely N-dealkylation sites (tertiary alicyclic amines) is 1. The van der Waals surface area contributed by atoms with E-state index in [0.29, 0.717) is 29.6 Å². The van der Waals surface area contributed by atoms with Crippen molar-refractivity contribution < 1.29 is 39.0 Å². The molecule has 3 aromatic heterocycles. The first-order valence-corrected chi connectivity index (χ1v) is 18.3. The fourth-order valence-electron chi connectivity index (χ4n) is 7.39. The molecule has 7 N–H and O–H groups in total. The third-order valence-corrected chi connectivity index (χ3v) is 10.1.